The van der Waals surface area contributed by atoms with Crippen molar-refractivity contribution in [1.29, 1.82) is 0 Å². The summed E-state index contributed by atoms with van der Waals surface area (Å²) in [6.07, 6.45) is 4.14. The summed E-state index contributed by atoms with van der Waals surface area (Å²) in [5.41, 5.74) is 7.08. The summed E-state index contributed by atoms with van der Waals surface area (Å²) in [5.74, 6) is 2.19. The number of hydrogen-bond donors (Lipinski definition) is 2. The van der Waals surface area contributed by atoms with Crippen LogP contribution in [0.2, 0.25) is 0 Å². The van der Waals surface area contributed by atoms with E-state index in [0.717, 1.165) is 10.8 Å². The van der Waals surface area contributed by atoms with Crippen LogP contribution in [0.15, 0.2) is 6.33 Å². The molecule has 1 saturated carbocycles. The van der Waals surface area contributed by atoms with Crippen LogP contribution in [0, 0.1) is 0 Å². The molecule has 7 heteroatoms. The summed E-state index contributed by atoms with van der Waals surface area (Å²) in [6, 6.07) is 0. The van der Waals surface area contributed by atoms with Crippen molar-refractivity contribution < 1.29 is 0 Å². The molecule has 3 N–H and O–H groups in total. The molecule has 0 spiro atoms. The number of nitrogens with one attached hydrogen (secondary N) is 1. The Morgan fingerprint density at radius 2 is 2.41 bits per heavy atom. The summed E-state index contributed by atoms with van der Waals surface area (Å²) in [5, 5.41) is 12.3. The molecule has 1 aliphatic carbocycles. The van der Waals surface area contributed by atoms with E-state index >= 15 is 0 Å². The van der Waals surface area contributed by atoms with Crippen molar-refractivity contribution in [3.8, 4) is 0 Å². The molecule has 2 aromatic heterocycles. The van der Waals surface area contributed by atoms with Gasteiger partial charge in [-0.3, -0.25) is 0 Å². The maximum absolute atomic E-state index is 5.89. The first-order valence-electron chi connectivity index (χ1n) is 5.57. The van der Waals surface area contributed by atoms with Gasteiger partial charge >= 0.3 is 0 Å². The normalized spacial score (nSPS) is 15.1. The monoisotopic (exact) mass is 250 g/mol. The van der Waals surface area contributed by atoms with Gasteiger partial charge in [0.15, 0.2) is 5.82 Å². The van der Waals surface area contributed by atoms with E-state index < -0.39 is 0 Å². The highest BCUT2D eigenvalue weighted by Gasteiger charge is 2.30. The number of nitrogen functional groups attached to an aromatic ring is 1. The molecule has 0 bridgehead atoms. The van der Waals surface area contributed by atoms with Gasteiger partial charge in [0, 0.05) is 12.6 Å². The van der Waals surface area contributed by atoms with E-state index in [4.69, 9.17) is 5.73 Å². The fourth-order valence-electron chi connectivity index (χ4n) is 1.83. The molecule has 2 aromatic rings. The van der Waals surface area contributed by atoms with Gasteiger partial charge in [0.1, 0.15) is 17.1 Å². The molecule has 0 amide bonds. The van der Waals surface area contributed by atoms with E-state index in [1.54, 1.807) is 6.33 Å². The Labute approximate surface area is 103 Å². The number of hydrogen-bond acceptors (Lipinski definition) is 6. The van der Waals surface area contributed by atoms with Crippen LogP contribution in [0.1, 0.15) is 30.1 Å². The minimum absolute atomic E-state index is 0.607. The molecule has 0 aliphatic heterocycles. The van der Waals surface area contributed by atoms with Crippen molar-refractivity contribution in [3.63, 3.8) is 0 Å². The molecule has 3 rings (SSSR count). The van der Waals surface area contributed by atoms with Crippen LogP contribution in [0.25, 0.3) is 0 Å². The zero-order valence-electron chi connectivity index (χ0n) is 9.55. The van der Waals surface area contributed by atoms with Gasteiger partial charge < -0.3 is 15.6 Å². The molecule has 90 valence electrons. The van der Waals surface area contributed by atoms with Crippen LogP contribution in [0.5, 0.6) is 0 Å². The number of aromatic nitrogens is 4. The highest BCUT2D eigenvalue weighted by molar-refractivity contribution is 7.10. The lowest BCUT2D eigenvalue weighted by atomic mass is 10.2. The third-order valence-corrected chi connectivity index (χ3v) is 3.79. The van der Waals surface area contributed by atoms with Crippen molar-refractivity contribution in [2.75, 3.05) is 11.1 Å². The SMILES string of the molecule is Cn1cnnc1CNc1snc(N)c1C1CC1. The third kappa shape index (κ3) is 1.97. The standard InChI is InChI=1S/C10H14N6S/c1-16-5-13-14-7(16)4-12-10-8(6-2-3-6)9(11)15-17-10/h5-6,12H,2-4H2,1H3,(H2,11,15). The Morgan fingerprint density at radius 3 is 3.06 bits per heavy atom. The summed E-state index contributed by atoms with van der Waals surface area (Å²) in [4.78, 5) is 0. The molecule has 0 saturated heterocycles. The number of rotatable bonds is 4. The fourth-order valence-corrected chi connectivity index (χ4v) is 2.62. The Balaban J connectivity index is 1.75. The second kappa shape index (κ2) is 3.99. The summed E-state index contributed by atoms with van der Waals surface area (Å²) in [7, 11) is 1.93. The number of anilines is 2. The minimum atomic E-state index is 0.607. The molecule has 0 radical (unpaired) electrons. The van der Waals surface area contributed by atoms with Crippen LogP contribution in [0.3, 0.4) is 0 Å². The van der Waals surface area contributed by atoms with E-state index in [1.165, 1.54) is 29.9 Å². The average molecular weight is 250 g/mol. The van der Waals surface area contributed by atoms with Gasteiger partial charge in [0.05, 0.1) is 6.54 Å². The highest BCUT2D eigenvalue weighted by atomic mass is 32.1. The second-order valence-corrected chi connectivity index (χ2v) is 5.07. The van der Waals surface area contributed by atoms with Crippen molar-refractivity contribution in [1.82, 2.24) is 19.1 Å². The smallest absolute Gasteiger partial charge is 0.151 e. The van der Waals surface area contributed by atoms with Gasteiger partial charge in [-0.05, 0) is 30.3 Å². The van der Waals surface area contributed by atoms with Gasteiger partial charge in [0.2, 0.25) is 0 Å². The van der Waals surface area contributed by atoms with Crippen molar-refractivity contribution >= 4 is 22.4 Å². The van der Waals surface area contributed by atoms with E-state index in [-0.39, 0.29) is 0 Å². The zero-order valence-corrected chi connectivity index (χ0v) is 10.4. The van der Waals surface area contributed by atoms with Gasteiger partial charge in [0.25, 0.3) is 0 Å². The van der Waals surface area contributed by atoms with E-state index in [0.29, 0.717) is 18.3 Å². The second-order valence-electron chi connectivity index (χ2n) is 4.30. The summed E-state index contributed by atoms with van der Waals surface area (Å²) >= 11 is 1.43. The molecular formula is C10H14N6S. The van der Waals surface area contributed by atoms with Gasteiger partial charge in [-0.1, -0.05) is 0 Å². The predicted molar refractivity (Wildman–Crippen MR) is 66.8 cm³/mol. The lowest BCUT2D eigenvalue weighted by Gasteiger charge is -2.05. The molecule has 1 fully saturated rings. The Morgan fingerprint density at radius 1 is 1.59 bits per heavy atom. The van der Waals surface area contributed by atoms with Crippen molar-refractivity contribution in [3.05, 3.63) is 17.7 Å². The summed E-state index contributed by atoms with van der Waals surface area (Å²) in [6.45, 7) is 0.651. The van der Waals surface area contributed by atoms with Gasteiger partial charge in [-0.15, -0.1) is 10.2 Å². The van der Waals surface area contributed by atoms with Crippen LogP contribution in [-0.2, 0) is 13.6 Å². The molecule has 1 aliphatic rings. The largest absolute Gasteiger partial charge is 0.383 e. The maximum Gasteiger partial charge on any atom is 0.151 e. The first-order chi connectivity index (χ1) is 8.25. The third-order valence-electron chi connectivity index (χ3n) is 2.95. The fraction of sp³-hybridized carbons (Fsp3) is 0.500. The lowest BCUT2D eigenvalue weighted by molar-refractivity contribution is 0.812. The Kier molecular flexibility index (Phi) is 2.47. The van der Waals surface area contributed by atoms with Crippen LogP contribution >= 0.6 is 11.5 Å². The van der Waals surface area contributed by atoms with Gasteiger partial charge in [-0.2, -0.15) is 4.37 Å². The lowest BCUT2D eigenvalue weighted by Crippen LogP contribution is -2.06. The summed E-state index contributed by atoms with van der Waals surface area (Å²) < 4.78 is 6.11. The van der Waals surface area contributed by atoms with Crippen molar-refractivity contribution in [2.24, 2.45) is 7.05 Å². The molecule has 2 heterocycles. The quantitative estimate of drug-likeness (QED) is 0.855. The molecule has 6 nitrogen and oxygen atoms in total. The average Bonchev–Trinajstić information content (AvgIpc) is 2.96. The highest BCUT2D eigenvalue weighted by Crippen LogP contribution is 2.47. The molecule has 0 unspecified atom stereocenters. The van der Waals surface area contributed by atoms with Crippen molar-refractivity contribution in [2.45, 2.75) is 25.3 Å². The number of nitrogens with two attached hydrogens (primary N) is 1. The Bertz CT molecular complexity index is 527. The van der Waals surface area contributed by atoms with Gasteiger partial charge in [-0.25, -0.2) is 0 Å². The zero-order chi connectivity index (χ0) is 11.8. The predicted octanol–water partition coefficient (Wildman–Crippen LogP) is 1.34. The van der Waals surface area contributed by atoms with E-state index in [2.05, 4.69) is 19.9 Å². The van der Waals surface area contributed by atoms with E-state index in [1.807, 2.05) is 11.6 Å². The van der Waals surface area contributed by atoms with Crippen LogP contribution < -0.4 is 11.1 Å². The van der Waals surface area contributed by atoms with Crippen LogP contribution in [-0.4, -0.2) is 19.1 Å². The molecule has 17 heavy (non-hydrogen) atoms. The maximum atomic E-state index is 5.89. The first-order valence-corrected chi connectivity index (χ1v) is 6.35. The topological polar surface area (TPSA) is 81.7 Å². The molecule has 0 atom stereocenters. The minimum Gasteiger partial charge on any atom is -0.383 e. The first kappa shape index (κ1) is 10.5. The molecular weight excluding hydrogens is 236 g/mol. The molecule has 0 aromatic carbocycles. The number of aryl methyl sites for hydroxylation is 1. The van der Waals surface area contributed by atoms with E-state index in [9.17, 15) is 0 Å². The van der Waals surface area contributed by atoms with Crippen LogP contribution in [0.4, 0.5) is 10.8 Å². The Hall–Kier alpha value is -1.63. The number of nitrogens with zero attached hydrogens (tertiary/aromatic N) is 4.